The third-order valence-electron chi connectivity index (χ3n) is 5.03. The average Bonchev–Trinajstić information content (AvgIpc) is 2.79. The highest BCUT2D eigenvalue weighted by Gasteiger charge is 2.25. The predicted octanol–water partition coefficient (Wildman–Crippen LogP) is 2.87. The fourth-order valence-corrected chi connectivity index (χ4v) is 3.26. The molecule has 0 spiro atoms. The maximum atomic E-state index is 12.2. The number of amides is 1. The number of pyridine rings is 2. The van der Waals surface area contributed by atoms with Gasteiger partial charge in [-0.05, 0) is 60.7 Å². The molecule has 1 aromatic carbocycles. The van der Waals surface area contributed by atoms with E-state index in [-0.39, 0.29) is 11.9 Å². The normalized spacial score (nSPS) is 13.7. The van der Waals surface area contributed by atoms with Crippen LogP contribution in [0.5, 0.6) is 5.75 Å². The summed E-state index contributed by atoms with van der Waals surface area (Å²) >= 11 is 0. The number of nitrogens with two attached hydrogens (primary N) is 4. The van der Waals surface area contributed by atoms with E-state index in [0.717, 1.165) is 12.8 Å². The molecular formula is C22H27N7O2. The first kappa shape index (κ1) is 21.7. The summed E-state index contributed by atoms with van der Waals surface area (Å²) in [5.74, 6) is 1.58. The number of hydrogen-bond donors (Lipinski definition) is 4. The first-order valence-electron chi connectivity index (χ1n) is 9.92. The van der Waals surface area contributed by atoms with E-state index in [9.17, 15) is 4.79 Å². The largest absolute Gasteiger partial charge is 0.415 e. The summed E-state index contributed by atoms with van der Waals surface area (Å²) in [5.41, 5.74) is 23.9. The molecule has 9 nitrogen and oxygen atoms in total. The summed E-state index contributed by atoms with van der Waals surface area (Å²) < 4.78 is 5.38. The topological polar surface area (TPSA) is 159 Å². The minimum atomic E-state index is -0.328. The van der Waals surface area contributed by atoms with E-state index in [1.54, 1.807) is 35.2 Å². The summed E-state index contributed by atoms with van der Waals surface area (Å²) in [4.78, 5) is 21.7. The molecule has 3 aromatic rings. The van der Waals surface area contributed by atoms with E-state index in [1.165, 1.54) is 5.56 Å². The molecule has 2 aromatic heterocycles. The first-order valence-corrected chi connectivity index (χ1v) is 9.92. The van der Waals surface area contributed by atoms with E-state index >= 15 is 0 Å². The molecule has 0 radical (unpaired) electrons. The Bertz CT molecular complexity index is 1010. The van der Waals surface area contributed by atoms with Crippen LogP contribution in [0.3, 0.4) is 0 Å². The molecule has 0 aliphatic carbocycles. The van der Waals surface area contributed by atoms with Crippen LogP contribution in [-0.4, -0.2) is 34.1 Å². The van der Waals surface area contributed by atoms with Crippen molar-refractivity contribution in [2.75, 3.05) is 36.0 Å². The first-order chi connectivity index (χ1) is 14.9. The van der Waals surface area contributed by atoms with Crippen LogP contribution in [0.1, 0.15) is 24.3 Å². The van der Waals surface area contributed by atoms with Gasteiger partial charge in [0.1, 0.15) is 11.6 Å². The van der Waals surface area contributed by atoms with Crippen LogP contribution in [0.2, 0.25) is 0 Å². The molecule has 8 N–H and O–H groups in total. The van der Waals surface area contributed by atoms with Crippen molar-refractivity contribution in [1.29, 1.82) is 0 Å². The lowest BCUT2D eigenvalue weighted by Crippen LogP contribution is -2.39. The number of nitrogen functional groups attached to an aromatic ring is 4. The van der Waals surface area contributed by atoms with E-state index in [1.807, 2.05) is 30.6 Å². The zero-order valence-electron chi connectivity index (χ0n) is 17.1. The quantitative estimate of drug-likeness (QED) is 0.460. The van der Waals surface area contributed by atoms with Crippen molar-refractivity contribution < 1.29 is 9.53 Å². The number of likely N-dealkylation sites (tertiary alicyclic amines) is 1. The Morgan fingerprint density at radius 3 is 2.19 bits per heavy atom. The van der Waals surface area contributed by atoms with Gasteiger partial charge in [0.2, 0.25) is 0 Å². The Morgan fingerprint density at radius 2 is 1.58 bits per heavy atom. The van der Waals surface area contributed by atoms with Crippen LogP contribution < -0.4 is 27.7 Å². The minimum absolute atomic E-state index is 0.287. The lowest BCUT2D eigenvalue weighted by Gasteiger charge is -2.31. The third kappa shape index (κ3) is 5.99. The monoisotopic (exact) mass is 421 g/mol. The predicted molar refractivity (Wildman–Crippen MR) is 122 cm³/mol. The highest BCUT2D eigenvalue weighted by atomic mass is 16.6. The van der Waals surface area contributed by atoms with Crippen LogP contribution >= 0.6 is 0 Å². The van der Waals surface area contributed by atoms with Crippen LogP contribution in [-0.2, 0) is 0 Å². The van der Waals surface area contributed by atoms with E-state index in [0.29, 0.717) is 41.9 Å². The molecule has 0 bridgehead atoms. The van der Waals surface area contributed by atoms with Crippen LogP contribution in [0.25, 0.3) is 0 Å². The molecule has 1 amide bonds. The van der Waals surface area contributed by atoms with Crippen LogP contribution in [0, 0.1) is 0 Å². The second-order valence-corrected chi connectivity index (χ2v) is 7.16. The smallest absolute Gasteiger partial charge is 0.408 e. The number of hydrogen-bond acceptors (Lipinski definition) is 8. The fraction of sp³-hybridized carbons (Fsp3) is 0.227. The van der Waals surface area contributed by atoms with Gasteiger partial charge < -0.3 is 32.6 Å². The molecule has 4 rings (SSSR count). The number of anilines is 4. The van der Waals surface area contributed by atoms with Crippen molar-refractivity contribution >= 4 is 29.1 Å². The Kier molecular flexibility index (Phi) is 7.10. The highest BCUT2D eigenvalue weighted by Crippen LogP contribution is 2.28. The number of nitrogens with zero attached hydrogens (tertiary/aromatic N) is 3. The van der Waals surface area contributed by atoms with Gasteiger partial charge in [-0.3, -0.25) is 4.98 Å². The number of aromatic nitrogens is 2. The molecule has 0 saturated carbocycles. The van der Waals surface area contributed by atoms with Gasteiger partial charge in [-0.25, -0.2) is 9.78 Å². The van der Waals surface area contributed by atoms with Crippen molar-refractivity contribution in [2.45, 2.75) is 18.8 Å². The lowest BCUT2D eigenvalue weighted by molar-refractivity contribution is 0.139. The second-order valence-electron chi connectivity index (χ2n) is 7.16. The Labute approximate surface area is 181 Å². The number of ether oxygens (including phenoxy) is 1. The van der Waals surface area contributed by atoms with Crippen molar-refractivity contribution in [1.82, 2.24) is 14.9 Å². The summed E-state index contributed by atoms with van der Waals surface area (Å²) in [7, 11) is 0. The molecular weight excluding hydrogens is 394 g/mol. The van der Waals surface area contributed by atoms with Crippen molar-refractivity contribution in [3.05, 3.63) is 66.5 Å². The maximum Gasteiger partial charge on any atom is 0.415 e. The molecule has 1 aliphatic heterocycles. The van der Waals surface area contributed by atoms with Gasteiger partial charge in [-0.1, -0.05) is 12.1 Å². The number of carbonyl (C=O) groups excluding carboxylic acids is 1. The zero-order chi connectivity index (χ0) is 22.2. The van der Waals surface area contributed by atoms with Crippen LogP contribution in [0.4, 0.5) is 27.8 Å². The van der Waals surface area contributed by atoms with Gasteiger partial charge in [0.15, 0.2) is 5.75 Å². The molecule has 9 heteroatoms. The molecule has 1 aliphatic rings. The van der Waals surface area contributed by atoms with Crippen molar-refractivity contribution in [2.24, 2.45) is 0 Å². The van der Waals surface area contributed by atoms with E-state index in [4.69, 9.17) is 27.7 Å². The molecule has 162 valence electrons. The van der Waals surface area contributed by atoms with E-state index in [2.05, 4.69) is 9.97 Å². The summed E-state index contributed by atoms with van der Waals surface area (Å²) in [5, 5.41) is 0. The number of piperidine rings is 1. The third-order valence-corrected chi connectivity index (χ3v) is 5.03. The number of para-hydroxylation sites is 2. The summed E-state index contributed by atoms with van der Waals surface area (Å²) in [6.45, 7) is 1.39. The number of rotatable bonds is 2. The Hall–Kier alpha value is -4.01. The summed E-state index contributed by atoms with van der Waals surface area (Å²) in [6, 6.07) is 14.4. The molecule has 31 heavy (non-hydrogen) atoms. The van der Waals surface area contributed by atoms with Crippen molar-refractivity contribution in [3.63, 3.8) is 0 Å². The lowest BCUT2D eigenvalue weighted by atomic mass is 9.90. The fourth-order valence-electron chi connectivity index (χ4n) is 3.26. The van der Waals surface area contributed by atoms with Crippen LogP contribution in [0.15, 0.2) is 60.9 Å². The maximum absolute atomic E-state index is 12.2. The molecule has 1 saturated heterocycles. The Balaban J connectivity index is 0.000000254. The molecule has 0 atom stereocenters. The summed E-state index contributed by atoms with van der Waals surface area (Å²) in [6.07, 6.45) is 5.17. The van der Waals surface area contributed by atoms with Gasteiger partial charge in [0.25, 0.3) is 0 Å². The second kappa shape index (κ2) is 10.1. The van der Waals surface area contributed by atoms with Gasteiger partial charge in [0, 0.05) is 25.5 Å². The minimum Gasteiger partial charge on any atom is -0.408 e. The number of carbonyl (C=O) groups is 1. The molecule has 1 fully saturated rings. The van der Waals surface area contributed by atoms with Gasteiger partial charge in [-0.2, -0.15) is 0 Å². The van der Waals surface area contributed by atoms with E-state index < -0.39 is 0 Å². The standard InChI is InChI=1S/C17H19N3O2.C5H8N4/c18-15-3-1-2-4-16(15)22-17(21)20-11-7-14(8-12-20)13-5-9-19-10-6-13;6-3-1-2-4(7)9-5(3)8/h1-6,9-10,14H,7-8,11-12,18H2;1-2H,6H2,(H4,7,8,9). The zero-order valence-corrected chi connectivity index (χ0v) is 17.1. The van der Waals surface area contributed by atoms with Crippen molar-refractivity contribution in [3.8, 4) is 5.75 Å². The molecule has 3 heterocycles. The average molecular weight is 422 g/mol. The Morgan fingerprint density at radius 1 is 0.903 bits per heavy atom. The highest BCUT2D eigenvalue weighted by molar-refractivity contribution is 5.73. The molecule has 0 unspecified atom stereocenters. The number of benzene rings is 1. The van der Waals surface area contributed by atoms with Gasteiger partial charge >= 0.3 is 6.09 Å². The van der Waals surface area contributed by atoms with Gasteiger partial charge in [0.05, 0.1) is 11.4 Å². The SMILES string of the molecule is Nc1ccc(N)c(N)n1.Nc1ccccc1OC(=O)N1CCC(c2ccncc2)CC1. The van der Waals surface area contributed by atoms with Gasteiger partial charge in [-0.15, -0.1) is 0 Å².